The third kappa shape index (κ3) is 3.48. The van der Waals surface area contributed by atoms with Gasteiger partial charge in [-0.05, 0) is 61.5 Å². The van der Waals surface area contributed by atoms with Gasteiger partial charge in [-0.25, -0.2) is 9.00 Å². The van der Waals surface area contributed by atoms with E-state index in [4.69, 9.17) is 9.47 Å². The van der Waals surface area contributed by atoms with Crippen molar-refractivity contribution < 1.29 is 23.3 Å². The predicted molar refractivity (Wildman–Crippen MR) is 113 cm³/mol. The number of nitrogens with zero attached hydrogens (tertiary/aromatic N) is 1. The van der Waals surface area contributed by atoms with Crippen LogP contribution in [0.1, 0.15) is 27.6 Å². The lowest BCUT2D eigenvalue weighted by Gasteiger charge is -2.21. The van der Waals surface area contributed by atoms with Crippen molar-refractivity contribution in [3.8, 4) is 11.5 Å². The Labute approximate surface area is 176 Å². The maximum absolute atomic E-state index is 13.2. The van der Waals surface area contributed by atoms with Crippen LogP contribution in [0.25, 0.3) is 0 Å². The van der Waals surface area contributed by atoms with Crippen LogP contribution in [0.3, 0.4) is 0 Å². The second-order valence-corrected chi connectivity index (χ2v) is 7.98. The quantitative estimate of drug-likeness (QED) is 0.469. The molecule has 0 saturated heterocycles. The Hall–Kier alpha value is -3.45. The number of methoxy groups -OCH3 is 1. The summed E-state index contributed by atoms with van der Waals surface area (Å²) in [7, 11) is 0.0131. The van der Waals surface area contributed by atoms with Gasteiger partial charge in [0.05, 0.1) is 44.5 Å². The van der Waals surface area contributed by atoms with Gasteiger partial charge in [0.25, 0.3) is 5.91 Å². The SMILES string of the molecule is CCN1C(=O)c2ccccc2S(=O)c2ccc(C(=O)Oc3ccc(OC)cc3)cc21. The highest BCUT2D eigenvalue weighted by Crippen LogP contribution is 2.35. The standard InChI is InChI=1S/C23H19NO5S/c1-3-24-19-14-15(23(26)29-17-11-9-16(28-2)10-12-17)8-13-21(19)30(27)20-7-5-4-6-18(20)22(24)25/h4-14H,3H2,1-2H3. The molecule has 0 saturated carbocycles. The minimum atomic E-state index is -1.54. The highest BCUT2D eigenvalue weighted by atomic mass is 32.2. The van der Waals surface area contributed by atoms with E-state index >= 15 is 0 Å². The van der Waals surface area contributed by atoms with Gasteiger partial charge in [-0.2, -0.15) is 0 Å². The van der Waals surface area contributed by atoms with Crippen molar-refractivity contribution in [3.63, 3.8) is 0 Å². The zero-order valence-corrected chi connectivity index (χ0v) is 17.3. The fraction of sp³-hybridized carbons (Fsp3) is 0.130. The first-order valence-corrected chi connectivity index (χ1v) is 10.5. The molecular weight excluding hydrogens is 402 g/mol. The van der Waals surface area contributed by atoms with Crippen LogP contribution in [-0.2, 0) is 10.8 Å². The molecule has 0 bridgehead atoms. The normalized spacial score (nSPS) is 15.1. The molecule has 1 atom stereocenters. The largest absolute Gasteiger partial charge is 0.497 e. The molecule has 3 aromatic rings. The number of rotatable bonds is 4. The fourth-order valence-corrected chi connectivity index (χ4v) is 4.66. The van der Waals surface area contributed by atoms with E-state index in [1.807, 2.05) is 6.92 Å². The first-order chi connectivity index (χ1) is 14.5. The summed E-state index contributed by atoms with van der Waals surface area (Å²) in [5.74, 6) is 0.203. The predicted octanol–water partition coefficient (Wildman–Crippen LogP) is 4.06. The number of benzene rings is 3. The number of fused-ring (bicyclic) bond motifs is 2. The summed E-state index contributed by atoms with van der Waals surface area (Å²) in [4.78, 5) is 28.2. The van der Waals surface area contributed by atoms with E-state index in [0.717, 1.165) is 0 Å². The van der Waals surface area contributed by atoms with Gasteiger partial charge in [-0.3, -0.25) is 4.79 Å². The second-order valence-electron chi connectivity index (χ2n) is 6.56. The van der Waals surface area contributed by atoms with Crippen molar-refractivity contribution in [1.82, 2.24) is 0 Å². The third-order valence-electron chi connectivity index (χ3n) is 4.83. The summed E-state index contributed by atoms with van der Waals surface area (Å²) in [6, 6.07) is 18.3. The van der Waals surface area contributed by atoms with Gasteiger partial charge in [-0.1, -0.05) is 12.1 Å². The first-order valence-electron chi connectivity index (χ1n) is 9.36. The van der Waals surface area contributed by atoms with Crippen molar-refractivity contribution in [2.45, 2.75) is 16.7 Å². The Bertz CT molecular complexity index is 1160. The molecule has 7 heteroatoms. The lowest BCUT2D eigenvalue weighted by Crippen LogP contribution is -2.30. The van der Waals surface area contributed by atoms with Gasteiger partial charge >= 0.3 is 5.97 Å². The van der Waals surface area contributed by atoms with Crippen molar-refractivity contribution in [1.29, 1.82) is 0 Å². The molecule has 0 spiro atoms. The summed E-state index contributed by atoms with van der Waals surface area (Å²) in [6.07, 6.45) is 0. The molecular formula is C23H19NO5S. The average molecular weight is 421 g/mol. The smallest absolute Gasteiger partial charge is 0.343 e. The molecule has 1 amide bonds. The van der Waals surface area contributed by atoms with Crippen LogP contribution in [0.4, 0.5) is 5.69 Å². The maximum atomic E-state index is 13.2. The lowest BCUT2D eigenvalue weighted by molar-refractivity contribution is 0.0734. The molecule has 4 rings (SSSR count). The molecule has 1 aliphatic heterocycles. The molecule has 0 radical (unpaired) electrons. The van der Waals surface area contributed by atoms with Gasteiger partial charge in [-0.15, -0.1) is 0 Å². The Morgan fingerprint density at radius 1 is 0.967 bits per heavy atom. The van der Waals surface area contributed by atoms with E-state index in [1.165, 1.54) is 4.90 Å². The minimum absolute atomic E-state index is 0.249. The molecule has 6 nitrogen and oxygen atoms in total. The molecule has 0 aromatic heterocycles. The van der Waals surface area contributed by atoms with Crippen LogP contribution in [0, 0.1) is 0 Å². The van der Waals surface area contributed by atoms with Crippen molar-refractivity contribution in [2.24, 2.45) is 0 Å². The van der Waals surface area contributed by atoms with E-state index in [1.54, 1.807) is 73.8 Å². The van der Waals surface area contributed by atoms with Crippen molar-refractivity contribution >= 4 is 28.4 Å². The number of carbonyl (C=O) groups excluding carboxylic acids is 2. The van der Waals surface area contributed by atoms with Gasteiger partial charge in [0, 0.05) is 6.54 Å². The van der Waals surface area contributed by atoms with Crippen LogP contribution in [0.15, 0.2) is 76.5 Å². The minimum Gasteiger partial charge on any atom is -0.497 e. The topological polar surface area (TPSA) is 72.9 Å². The van der Waals surface area contributed by atoms with Crippen molar-refractivity contribution in [3.05, 3.63) is 77.9 Å². The zero-order valence-electron chi connectivity index (χ0n) is 16.5. The van der Waals surface area contributed by atoms with Gasteiger partial charge in [0.15, 0.2) is 0 Å². The summed E-state index contributed by atoms with van der Waals surface area (Å²) in [6.45, 7) is 2.20. The highest BCUT2D eigenvalue weighted by molar-refractivity contribution is 7.85. The maximum Gasteiger partial charge on any atom is 0.343 e. The summed E-state index contributed by atoms with van der Waals surface area (Å²) in [5, 5.41) is 0. The van der Waals surface area contributed by atoms with Crippen LogP contribution in [0.2, 0.25) is 0 Å². The van der Waals surface area contributed by atoms with Crippen molar-refractivity contribution in [2.75, 3.05) is 18.6 Å². The first kappa shape index (κ1) is 19.8. The zero-order chi connectivity index (χ0) is 21.3. The summed E-state index contributed by atoms with van der Waals surface area (Å²) >= 11 is 0. The number of hydrogen-bond donors (Lipinski definition) is 0. The Balaban J connectivity index is 1.71. The van der Waals surface area contributed by atoms with Gasteiger partial charge in [0.2, 0.25) is 0 Å². The molecule has 1 heterocycles. The molecule has 152 valence electrons. The lowest BCUT2D eigenvalue weighted by atomic mass is 10.1. The van der Waals surface area contributed by atoms with Crippen LogP contribution >= 0.6 is 0 Å². The molecule has 1 aliphatic rings. The number of carbonyl (C=O) groups is 2. The van der Waals surface area contributed by atoms with Crippen LogP contribution < -0.4 is 14.4 Å². The molecule has 0 fully saturated rings. The number of ether oxygens (including phenoxy) is 2. The van der Waals surface area contributed by atoms with E-state index < -0.39 is 16.8 Å². The number of amides is 1. The van der Waals surface area contributed by atoms with Crippen LogP contribution in [-0.4, -0.2) is 29.7 Å². The number of hydrogen-bond acceptors (Lipinski definition) is 5. The monoisotopic (exact) mass is 421 g/mol. The molecule has 1 unspecified atom stereocenters. The van der Waals surface area contributed by atoms with E-state index in [2.05, 4.69) is 0 Å². The van der Waals surface area contributed by atoms with E-state index in [-0.39, 0.29) is 11.5 Å². The highest BCUT2D eigenvalue weighted by Gasteiger charge is 2.30. The molecule has 0 aliphatic carbocycles. The number of anilines is 1. The van der Waals surface area contributed by atoms with Gasteiger partial charge < -0.3 is 14.4 Å². The second kappa shape index (κ2) is 8.12. The fourth-order valence-electron chi connectivity index (χ4n) is 3.31. The van der Waals surface area contributed by atoms with Gasteiger partial charge in [0.1, 0.15) is 11.5 Å². The van der Waals surface area contributed by atoms with E-state index in [0.29, 0.717) is 39.1 Å². The Morgan fingerprint density at radius 2 is 1.67 bits per heavy atom. The Morgan fingerprint density at radius 3 is 2.37 bits per heavy atom. The molecule has 3 aromatic carbocycles. The summed E-state index contributed by atoms with van der Waals surface area (Å²) < 4.78 is 23.7. The summed E-state index contributed by atoms with van der Waals surface area (Å²) in [5.41, 5.74) is 1.11. The molecule has 30 heavy (non-hydrogen) atoms. The average Bonchev–Trinajstić information content (AvgIpc) is 2.87. The molecule has 0 N–H and O–H groups in total. The third-order valence-corrected chi connectivity index (χ3v) is 6.33. The van der Waals surface area contributed by atoms with Crippen LogP contribution in [0.5, 0.6) is 11.5 Å². The van der Waals surface area contributed by atoms with E-state index in [9.17, 15) is 13.8 Å². The Kier molecular flexibility index (Phi) is 5.37. The number of esters is 1.